The molecular formula is C18H19Cl2F3N4O2S. The van der Waals surface area contributed by atoms with Crippen molar-refractivity contribution in [2.75, 3.05) is 5.32 Å². The van der Waals surface area contributed by atoms with Crippen molar-refractivity contribution in [3.05, 3.63) is 39.9 Å². The van der Waals surface area contributed by atoms with Crippen LogP contribution in [0.3, 0.4) is 0 Å². The first-order valence-corrected chi connectivity index (χ1v) is 10.7. The Morgan fingerprint density at radius 3 is 2.80 bits per heavy atom. The quantitative estimate of drug-likeness (QED) is 0.316. The average molecular weight is 483 g/mol. The van der Waals surface area contributed by atoms with Crippen molar-refractivity contribution in [1.29, 1.82) is 0 Å². The number of ether oxygens (including phenoxy) is 1. The van der Waals surface area contributed by atoms with E-state index in [4.69, 9.17) is 23.2 Å². The van der Waals surface area contributed by atoms with Crippen molar-refractivity contribution in [1.82, 2.24) is 14.3 Å². The monoisotopic (exact) mass is 482 g/mol. The van der Waals surface area contributed by atoms with E-state index in [-0.39, 0.29) is 15.9 Å². The van der Waals surface area contributed by atoms with Gasteiger partial charge in [-0.2, -0.15) is 0 Å². The first kappa shape index (κ1) is 23.2. The number of aromatic nitrogens is 2. The summed E-state index contributed by atoms with van der Waals surface area (Å²) in [5.41, 5.74) is 1.53. The molecule has 6 nitrogen and oxygen atoms in total. The fourth-order valence-electron chi connectivity index (χ4n) is 3.21. The zero-order valence-electron chi connectivity index (χ0n) is 15.9. The molecule has 0 radical (unpaired) electrons. The summed E-state index contributed by atoms with van der Waals surface area (Å²) in [5.74, 6) is -0.433. The summed E-state index contributed by atoms with van der Waals surface area (Å²) in [7, 11) is 0. The van der Waals surface area contributed by atoms with Gasteiger partial charge in [0.2, 0.25) is 0 Å². The fraction of sp³-hybridized carbons (Fsp3) is 0.444. The smallest absolute Gasteiger partial charge is 0.338 e. The number of nitrogens with zero attached hydrogens (tertiary/aromatic N) is 2. The van der Waals surface area contributed by atoms with Crippen molar-refractivity contribution >= 4 is 46.7 Å². The molecule has 0 fully saturated rings. The number of carbonyl (C=O) groups excluding carboxylic acids is 1. The number of fused-ring (bicyclic) bond motifs is 1. The molecule has 1 aliphatic rings. The average Bonchev–Trinajstić information content (AvgIpc) is 2.77. The van der Waals surface area contributed by atoms with E-state index in [1.807, 2.05) is 4.57 Å². The molecule has 3 rings (SSSR count). The van der Waals surface area contributed by atoms with Gasteiger partial charge in [-0.05, 0) is 50.3 Å². The highest BCUT2D eigenvalue weighted by Gasteiger charge is 2.33. The third kappa shape index (κ3) is 5.82. The maximum Gasteiger partial charge on any atom is 0.524 e. The molecule has 0 saturated heterocycles. The van der Waals surface area contributed by atoms with Gasteiger partial charge in [-0.25, -0.2) is 9.71 Å². The number of anilines is 1. The van der Waals surface area contributed by atoms with Gasteiger partial charge >= 0.3 is 6.36 Å². The van der Waals surface area contributed by atoms with Gasteiger partial charge in [-0.1, -0.05) is 29.6 Å². The summed E-state index contributed by atoms with van der Waals surface area (Å²) in [6, 6.07) is 3.10. The molecule has 0 bridgehead atoms. The van der Waals surface area contributed by atoms with Crippen LogP contribution in [-0.4, -0.2) is 28.0 Å². The number of carbonyl (C=O) groups is 1. The van der Waals surface area contributed by atoms with Gasteiger partial charge in [-0.3, -0.25) is 9.53 Å². The SMILES string of the molecule is CC(NSc1c(Cl)c(C(=O)Nc2ccnc(Cl)c2)n2c1CCCCC2)OC(F)(F)F. The van der Waals surface area contributed by atoms with Crippen LogP contribution < -0.4 is 10.0 Å². The molecule has 1 aliphatic heterocycles. The third-order valence-electron chi connectivity index (χ3n) is 4.40. The Hall–Kier alpha value is -1.46. The zero-order chi connectivity index (χ0) is 21.9. The van der Waals surface area contributed by atoms with Crippen LogP contribution >= 0.6 is 35.1 Å². The molecule has 2 N–H and O–H groups in total. The van der Waals surface area contributed by atoms with Crippen molar-refractivity contribution in [2.45, 2.75) is 56.6 Å². The summed E-state index contributed by atoms with van der Waals surface area (Å²) in [6.07, 6.45) is -1.20. The second-order valence-corrected chi connectivity index (χ2v) is 8.26. The van der Waals surface area contributed by atoms with Crippen molar-refractivity contribution in [3.63, 3.8) is 0 Å². The lowest BCUT2D eigenvalue weighted by atomic mass is 10.2. The standard InChI is InChI=1S/C18H19Cl2F3N4O2S/c1-10(29-18(21,22)23)26-30-16-12-5-3-2-4-8-27(12)15(14(16)20)17(28)25-11-6-7-24-13(19)9-11/h6-7,9-10,26H,2-5,8H2,1H3,(H,24,25,28). The second kappa shape index (κ2) is 9.78. The summed E-state index contributed by atoms with van der Waals surface area (Å²) < 4.78 is 45.6. The first-order chi connectivity index (χ1) is 14.2. The van der Waals surface area contributed by atoms with Crippen LogP contribution in [0.15, 0.2) is 23.2 Å². The lowest BCUT2D eigenvalue weighted by Crippen LogP contribution is -2.30. The number of alkyl halides is 3. The molecule has 0 aliphatic carbocycles. The highest BCUT2D eigenvalue weighted by atomic mass is 35.5. The van der Waals surface area contributed by atoms with Crippen LogP contribution in [0.5, 0.6) is 0 Å². The molecule has 2 aromatic heterocycles. The first-order valence-electron chi connectivity index (χ1n) is 9.16. The van der Waals surface area contributed by atoms with Gasteiger partial charge in [0.15, 0.2) is 0 Å². The van der Waals surface area contributed by atoms with E-state index in [1.54, 1.807) is 6.07 Å². The van der Waals surface area contributed by atoms with Crippen molar-refractivity contribution < 1.29 is 22.7 Å². The lowest BCUT2D eigenvalue weighted by Gasteiger charge is -2.16. The summed E-state index contributed by atoms with van der Waals surface area (Å²) in [4.78, 5) is 17.4. The van der Waals surface area contributed by atoms with E-state index in [0.29, 0.717) is 23.5 Å². The zero-order valence-corrected chi connectivity index (χ0v) is 18.2. The topological polar surface area (TPSA) is 68.2 Å². The van der Waals surface area contributed by atoms with E-state index in [9.17, 15) is 18.0 Å². The van der Waals surface area contributed by atoms with Crippen LogP contribution in [0.1, 0.15) is 42.4 Å². The molecule has 3 heterocycles. The van der Waals surface area contributed by atoms with Gasteiger partial charge < -0.3 is 9.88 Å². The lowest BCUT2D eigenvalue weighted by molar-refractivity contribution is -0.341. The Labute approximate surface area is 185 Å². The van der Waals surface area contributed by atoms with Gasteiger partial charge in [-0.15, -0.1) is 13.2 Å². The normalized spacial score (nSPS) is 15.4. The van der Waals surface area contributed by atoms with Gasteiger partial charge in [0.25, 0.3) is 5.91 Å². The van der Waals surface area contributed by atoms with Crippen LogP contribution in [0.25, 0.3) is 0 Å². The van der Waals surface area contributed by atoms with Crippen LogP contribution in [-0.2, 0) is 17.7 Å². The van der Waals surface area contributed by atoms with E-state index in [2.05, 4.69) is 19.8 Å². The molecule has 2 aromatic rings. The third-order valence-corrected chi connectivity index (χ3v) is 6.18. The van der Waals surface area contributed by atoms with Crippen LogP contribution in [0, 0.1) is 0 Å². The van der Waals surface area contributed by atoms with Gasteiger partial charge in [0.05, 0.1) is 9.92 Å². The molecular weight excluding hydrogens is 464 g/mol. The van der Waals surface area contributed by atoms with Crippen LogP contribution in [0.2, 0.25) is 10.2 Å². The molecule has 164 valence electrons. The molecule has 12 heteroatoms. The van der Waals surface area contributed by atoms with E-state index >= 15 is 0 Å². The van der Waals surface area contributed by atoms with Crippen molar-refractivity contribution in [3.8, 4) is 0 Å². The molecule has 1 amide bonds. The molecule has 30 heavy (non-hydrogen) atoms. The van der Waals surface area contributed by atoms with Crippen LogP contribution in [0.4, 0.5) is 18.9 Å². The van der Waals surface area contributed by atoms with Gasteiger partial charge in [0.1, 0.15) is 17.1 Å². The maximum atomic E-state index is 13.0. The molecule has 1 unspecified atom stereocenters. The summed E-state index contributed by atoms with van der Waals surface area (Å²) >= 11 is 13.3. The second-order valence-electron chi connectivity index (χ2n) is 6.65. The Balaban J connectivity index is 1.87. The number of nitrogens with one attached hydrogen (secondary N) is 2. The van der Waals surface area contributed by atoms with Gasteiger partial charge in [0, 0.05) is 24.1 Å². The highest BCUT2D eigenvalue weighted by Crippen LogP contribution is 2.38. The Morgan fingerprint density at radius 1 is 1.33 bits per heavy atom. The highest BCUT2D eigenvalue weighted by molar-refractivity contribution is 7.97. The minimum absolute atomic E-state index is 0.182. The Bertz CT molecular complexity index is 924. The molecule has 0 saturated carbocycles. The Kier molecular flexibility index (Phi) is 7.56. The predicted octanol–water partition coefficient (Wildman–Crippen LogP) is 5.65. The van der Waals surface area contributed by atoms with Crippen molar-refractivity contribution in [2.24, 2.45) is 0 Å². The number of hydrogen-bond donors (Lipinski definition) is 2. The number of halogens is 5. The Morgan fingerprint density at radius 2 is 2.10 bits per heavy atom. The number of hydrogen-bond acceptors (Lipinski definition) is 5. The molecule has 1 atom stereocenters. The van der Waals surface area contributed by atoms with E-state index in [1.165, 1.54) is 19.2 Å². The minimum Gasteiger partial charge on any atom is -0.338 e. The maximum absolute atomic E-state index is 13.0. The molecule has 0 aromatic carbocycles. The number of rotatable bonds is 6. The van der Waals surface area contributed by atoms with E-state index in [0.717, 1.165) is 36.9 Å². The van der Waals surface area contributed by atoms with E-state index < -0.39 is 18.5 Å². The fourth-order valence-corrected chi connectivity index (χ4v) is 4.64. The number of amides is 1. The minimum atomic E-state index is -4.76. The predicted molar refractivity (Wildman–Crippen MR) is 110 cm³/mol. The summed E-state index contributed by atoms with van der Waals surface area (Å²) in [6.45, 7) is 1.83. The number of pyridine rings is 1. The molecule has 0 spiro atoms. The largest absolute Gasteiger partial charge is 0.524 e. The summed E-state index contributed by atoms with van der Waals surface area (Å²) in [5, 5.41) is 3.16.